The van der Waals surface area contributed by atoms with Crippen LogP contribution in [0.1, 0.15) is 55.7 Å². The Labute approximate surface area is 176 Å². The third kappa shape index (κ3) is 4.02. The van der Waals surface area contributed by atoms with Crippen molar-refractivity contribution in [3.63, 3.8) is 0 Å². The molecule has 1 fully saturated rings. The summed E-state index contributed by atoms with van der Waals surface area (Å²) in [6, 6.07) is 33.3. The van der Waals surface area contributed by atoms with Crippen molar-refractivity contribution in [2.24, 2.45) is 5.92 Å². The molecule has 0 radical (unpaired) electrons. The average Bonchev–Trinajstić information content (AvgIpc) is 2.81. The third-order valence-corrected chi connectivity index (χ3v) is 6.63. The molecule has 150 valence electrons. The molecule has 4 rings (SSSR count). The molecule has 0 saturated carbocycles. The lowest BCUT2D eigenvalue weighted by Gasteiger charge is -2.48. The van der Waals surface area contributed by atoms with Crippen molar-refractivity contribution < 1.29 is 0 Å². The van der Waals surface area contributed by atoms with Crippen molar-refractivity contribution in [2.45, 2.75) is 44.6 Å². The molecule has 1 aliphatic rings. The minimum atomic E-state index is -0.237. The summed E-state index contributed by atoms with van der Waals surface area (Å²) in [5.41, 5.74) is 3.86. The average molecular weight is 384 g/mol. The molecule has 0 aliphatic carbocycles. The van der Waals surface area contributed by atoms with Crippen LogP contribution >= 0.6 is 0 Å². The van der Waals surface area contributed by atoms with Crippen LogP contribution in [-0.2, 0) is 5.54 Å². The van der Waals surface area contributed by atoms with Gasteiger partial charge in [0.1, 0.15) is 0 Å². The van der Waals surface area contributed by atoms with Crippen LogP contribution in [0.4, 0.5) is 0 Å². The number of likely N-dealkylation sites (tertiary alicyclic amines) is 1. The lowest BCUT2D eigenvalue weighted by Crippen LogP contribution is -2.51. The maximum atomic E-state index is 2.75. The second-order valence-corrected chi connectivity index (χ2v) is 8.38. The standard InChI is InChI=1S/C28H33N/c1-2-3-13-24-20-22-29(23-21-24)28(25-14-7-4-8-15-25,26-16-9-5-10-17-26)27-18-11-6-12-19-27/h4-12,14-19,24H,2-3,13,20-23H2,1H3. The molecule has 0 unspecified atom stereocenters. The van der Waals surface area contributed by atoms with Crippen LogP contribution in [0.2, 0.25) is 0 Å². The van der Waals surface area contributed by atoms with Crippen LogP contribution in [0.5, 0.6) is 0 Å². The first-order valence-corrected chi connectivity index (χ1v) is 11.3. The van der Waals surface area contributed by atoms with E-state index in [-0.39, 0.29) is 5.54 Å². The smallest absolute Gasteiger partial charge is 0.0972 e. The van der Waals surface area contributed by atoms with Gasteiger partial charge < -0.3 is 0 Å². The Morgan fingerprint density at radius 3 is 1.48 bits per heavy atom. The molecule has 0 bridgehead atoms. The zero-order valence-corrected chi connectivity index (χ0v) is 17.6. The van der Waals surface area contributed by atoms with E-state index in [1.54, 1.807) is 0 Å². The number of unbranched alkanes of at least 4 members (excludes halogenated alkanes) is 1. The first kappa shape index (κ1) is 19.9. The van der Waals surface area contributed by atoms with Gasteiger partial charge in [0.25, 0.3) is 0 Å². The van der Waals surface area contributed by atoms with Crippen molar-refractivity contribution in [2.75, 3.05) is 13.1 Å². The normalized spacial score (nSPS) is 16.0. The van der Waals surface area contributed by atoms with Crippen molar-refractivity contribution in [3.05, 3.63) is 108 Å². The molecular formula is C28H33N. The Hall–Kier alpha value is -2.38. The maximum absolute atomic E-state index is 2.75. The molecule has 1 heteroatoms. The summed E-state index contributed by atoms with van der Waals surface area (Å²) in [4.78, 5) is 2.75. The van der Waals surface area contributed by atoms with Gasteiger partial charge in [-0.25, -0.2) is 0 Å². The molecule has 1 aliphatic heterocycles. The summed E-state index contributed by atoms with van der Waals surface area (Å²) in [6.45, 7) is 4.60. The van der Waals surface area contributed by atoms with E-state index in [2.05, 4.69) is 103 Å². The number of piperidine rings is 1. The summed E-state index contributed by atoms with van der Waals surface area (Å²) < 4.78 is 0. The number of hydrogen-bond acceptors (Lipinski definition) is 1. The fraction of sp³-hybridized carbons (Fsp3) is 0.357. The maximum Gasteiger partial charge on any atom is 0.0972 e. The van der Waals surface area contributed by atoms with Crippen LogP contribution in [0.15, 0.2) is 91.0 Å². The van der Waals surface area contributed by atoms with E-state index in [1.807, 2.05) is 0 Å². The molecule has 0 aromatic heterocycles. The molecule has 1 heterocycles. The molecule has 0 N–H and O–H groups in total. The zero-order chi connectivity index (χ0) is 19.9. The Morgan fingerprint density at radius 1 is 0.690 bits per heavy atom. The number of benzene rings is 3. The highest BCUT2D eigenvalue weighted by Crippen LogP contribution is 2.44. The number of nitrogens with zero attached hydrogens (tertiary/aromatic N) is 1. The van der Waals surface area contributed by atoms with Gasteiger partial charge in [-0.05, 0) is 48.5 Å². The predicted molar refractivity (Wildman–Crippen MR) is 123 cm³/mol. The van der Waals surface area contributed by atoms with Crippen LogP contribution in [0.3, 0.4) is 0 Å². The van der Waals surface area contributed by atoms with E-state index >= 15 is 0 Å². The zero-order valence-electron chi connectivity index (χ0n) is 17.6. The van der Waals surface area contributed by atoms with Gasteiger partial charge in [0, 0.05) is 0 Å². The van der Waals surface area contributed by atoms with Crippen LogP contribution < -0.4 is 0 Å². The number of rotatable bonds is 7. The van der Waals surface area contributed by atoms with Gasteiger partial charge in [-0.1, -0.05) is 117 Å². The van der Waals surface area contributed by atoms with E-state index in [9.17, 15) is 0 Å². The Bertz CT molecular complexity index is 752. The minimum Gasteiger partial charge on any atom is -0.286 e. The summed E-state index contributed by atoms with van der Waals surface area (Å²) in [7, 11) is 0. The SMILES string of the molecule is CCCCC1CCN(C(c2ccccc2)(c2ccccc2)c2ccccc2)CC1. The fourth-order valence-electron chi connectivity index (χ4n) is 5.14. The van der Waals surface area contributed by atoms with E-state index in [0.29, 0.717) is 0 Å². The summed E-state index contributed by atoms with van der Waals surface area (Å²) >= 11 is 0. The molecule has 1 saturated heterocycles. The fourth-order valence-corrected chi connectivity index (χ4v) is 5.14. The highest BCUT2D eigenvalue weighted by Gasteiger charge is 2.43. The highest BCUT2D eigenvalue weighted by atomic mass is 15.2. The summed E-state index contributed by atoms with van der Waals surface area (Å²) in [5, 5.41) is 0. The van der Waals surface area contributed by atoms with E-state index in [0.717, 1.165) is 19.0 Å². The van der Waals surface area contributed by atoms with Crippen molar-refractivity contribution >= 4 is 0 Å². The van der Waals surface area contributed by atoms with Crippen molar-refractivity contribution in [1.29, 1.82) is 0 Å². The molecule has 3 aromatic carbocycles. The monoisotopic (exact) mass is 383 g/mol. The van der Waals surface area contributed by atoms with Crippen LogP contribution in [0, 0.1) is 5.92 Å². The third-order valence-electron chi connectivity index (χ3n) is 6.63. The first-order valence-electron chi connectivity index (χ1n) is 11.3. The molecule has 3 aromatic rings. The molecule has 0 atom stereocenters. The molecule has 0 spiro atoms. The lowest BCUT2D eigenvalue weighted by atomic mass is 9.74. The summed E-state index contributed by atoms with van der Waals surface area (Å²) in [5.74, 6) is 0.881. The Kier molecular flexibility index (Phi) is 6.46. The van der Waals surface area contributed by atoms with Crippen molar-refractivity contribution in [3.8, 4) is 0 Å². The van der Waals surface area contributed by atoms with Gasteiger partial charge in [0.15, 0.2) is 0 Å². The topological polar surface area (TPSA) is 3.24 Å². The van der Waals surface area contributed by atoms with Gasteiger partial charge in [0.2, 0.25) is 0 Å². The van der Waals surface area contributed by atoms with Gasteiger partial charge in [0.05, 0.1) is 5.54 Å². The minimum absolute atomic E-state index is 0.237. The molecule has 0 amide bonds. The van der Waals surface area contributed by atoms with E-state index in [4.69, 9.17) is 0 Å². The van der Waals surface area contributed by atoms with Gasteiger partial charge >= 0.3 is 0 Å². The Morgan fingerprint density at radius 2 is 1.10 bits per heavy atom. The quantitative estimate of drug-likeness (QED) is 0.402. The van der Waals surface area contributed by atoms with Gasteiger partial charge in [-0.2, -0.15) is 0 Å². The first-order chi connectivity index (χ1) is 14.4. The largest absolute Gasteiger partial charge is 0.286 e. The van der Waals surface area contributed by atoms with Gasteiger partial charge in [-0.3, -0.25) is 4.90 Å². The van der Waals surface area contributed by atoms with E-state index in [1.165, 1.54) is 48.8 Å². The predicted octanol–water partition coefficient (Wildman–Crippen LogP) is 6.88. The Balaban J connectivity index is 1.81. The van der Waals surface area contributed by atoms with Crippen LogP contribution in [-0.4, -0.2) is 18.0 Å². The van der Waals surface area contributed by atoms with Crippen molar-refractivity contribution in [1.82, 2.24) is 4.90 Å². The molecule has 29 heavy (non-hydrogen) atoms. The highest BCUT2D eigenvalue weighted by molar-refractivity contribution is 5.49. The van der Waals surface area contributed by atoms with Crippen LogP contribution in [0.25, 0.3) is 0 Å². The second-order valence-electron chi connectivity index (χ2n) is 8.38. The molecular weight excluding hydrogens is 350 g/mol. The van der Waals surface area contributed by atoms with Gasteiger partial charge in [-0.15, -0.1) is 0 Å². The van der Waals surface area contributed by atoms with E-state index < -0.39 is 0 Å². The lowest BCUT2D eigenvalue weighted by molar-refractivity contribution is 0.0985. The number of hydrogen-bond donors (Lipinski definition) is 0. The molecule has 1 nitrogen and oxygen atoms in total. The summed E-state index contributed by atoms with van der Waals surface area (Å²) in [6.07, 6.45) is 6.66. The second kappa shape index (κ2) is 9.41.